The summed E-state index contributed by atoms with van der Waals surface area (Å²) >= 11 is 0. The molecule has 0 aromatic heterocycles. The largest absolute Gasteiger partial charge is 0.481 e. The van der Waals surface area contributed by atoms with Crippen LogP contribution in [0.25, 0.3) is 0 Å². The van der Waals surface area contributed by atoms with E-state index in [1.54, 1.807) is 0 Å². The Balaban J connectivity index is 2.14. The van der Waals surface area contributed by atoms with Gasteiger partial charge in [-0.25, -0.2) is 0 Å². The van der Waals surface area contributed by atoms with E-state index in [4.69, 9.17) is 5.11 Å². The predicted octanol–water partition coefficient (Wildman–Crippen LogP) is 1.40. The number of alkyl halides is 3. The molecule has 3 atom stereocenters. The average Bonchev–Trinajstić information content (AvgIpc) is 2.45. The van der Waals surface area contributed by atoms with Crippen LogP contribution >= 0.6 is 0 Å². The number of carbonyl (C=O) groups excluding carboxylic acids is 1. The van der Waals surface area contributed by atoms with Gasteiger partial charge in [0.15, 0.2) is 0 Å². The highest BCUT2D eigenvalue weighted by molar-refractivity contribution is 5.83. The van der Waals surface area contributed by atoms with Crippen molar-refractivity contribution >= 4 is 11.9 Å². The van der Waals surface area contributed by atoms with Gasteiger partial charge < -0.3 is 10.0 Å². The smallest absolute Gasteiger partial charge is 0.471 e. The van der Waals surface area contributed by atoms with Crippen LogP contribution in [0.5, 0.6) is 0 Å². The summed E-state index contributed by atoms with van der Waals surface area (Å²) in [6.07, 6.45) is -3.66. The maximum atomic E-state index is 12.4. The highest BCUT2D eigenvalue weighted by atomic mass is 19.4. The maximum absolute atomic E-state index is 12.4. The van der Waals surface area contributed by atoms with Gasteiger partial charge in [-0.15, -0.1) is 0 Å². The molecule has 0 spiro atoms. The molecular formula is C10H12F3NO3. The summed E-state index contributed by atoms with van der Waals surface area (Å²) in [6, 6.07) is -1.13. The fourth-order valence-electron chi connectivity index (χ4n) is 2.86. The van der Waals surface area contributed by atoms with Crippen molar-refractivity contribution in [3.63, 3.8) is 0 Å². The number of aliphatic carboxylic acids is 1. The quantitative estimate of drug-likeness (QED) is 0.766. The molecule has 2 aliphatic rings. The molecule has 4 nitrogen and oxygen atoms in total. The first-order chi connectivity index (χ1) is 7.80. The first kappa shape index (κ1) is 12.2. The summed E-state index contributed by atoms with van der Waals surface area (Å²) in [4.78, 5) is 22.9. The van der Waals surface area contributed by atoms with Crippen LogP contribution < -0.4 is 0 Å². The van der Waals surface area contributed by atoms with E-state index < -0.39 is 36.1 Å². The number of nitrogens with zero attached hydrogens (tertiary/aromatic N) is 1. The van der Waals surface area contributed by atoms with Gasteiger partial charge in [-0.05, 0) is 25.7 Å². The number of carboxylic acid groups (broad SMARTS) is 1. The topological polar surface area (TPSA) is 57.6 Å². The lowest BCUT2D eigenvalue weighted by molar-refractivity contribution is -0.191. The summed E-state index contributed by atoms with van der Waals surface area (Å²) in [5, 5.41) is 8.86. The third kappa shape index (κ3) is 2.10. The molecular weight excluding hydrogens is 239 g/mol. The summed E-state index contributed by atoms with van der Waals surface area (Å²) < 4.78 is 37.1. The molecule has 0 aromatic rings. The van der Waals surface area contributed by atoms with E-state index in [0.29, 0.717) is 12.8 Å². The number of piperidine rings is 1. The SMILES string of the molecule is O=C(O)C1C[C@H]2CC[C@@H](C1)N2C(=O)C(F)(F)F. The number of hydrogen-bond donors (Lipinski definition) is 1. The Hall–Kier alpha value is -1.27. The van der Waals surface area contributed by atoms with E-state index >= 15 is 0 Å². The summed E-state index contributed by atoms with van der Waals surface area (Å²) in [7, 11) is 0. The van der Waals surface area contributed by atoms with Gasteiger partial charge in [-0.2, -0.15) is 13.2 Å². The number of halogens is 3. The van der Waals surface area contributed by atoms with Gasteiger partial charge in [0.25, 0.3) is 0 Å². The lowest BCUT2D eigenvalue weighted by Crippen LogP contribution is -2.52. The maximum Gasteiger partial charge on any atom is 0.471 e. The molecule has 2 saturated heterocycles. The van der Waals surface area contributed by atoms with Crippen LogP contribution in [-0.2, 0) is 9.59 Å². The zero-order chi connectivity index (χ0) is 12.8. The average molecular weight is 251 g/mol. The van der Waals surface area contributed by atoms with Crippen LogP contribution in [0.2, 0.25) is 0 Å². The molecule has 1 unspecified atom stereocenters. The number of amides is 1. The number of hydrogen-bond acceptors (Lipinski definition) is 2. The van der Waals surface area contributed by atoms with Crippen molar-refractivity contribution in [3.8, 4) is 0 Å². The highest BCUT2D eigenvalue weighted by Crippen LogP contribution is 2.40. The molecule has 0 radical (unpaired) electrons. The molecule has 96 valence electrons. The van der Waals surface area contributed by atoms with Crippen LogP contribution in [0.1, 0.15) is 25.7 Å². The summed E-state index contributed by atoms with van der Waals surface area (Å²) in [5.41, 5.74) is 0. The van der Waals surface area contributed by atoms with Crippen molar-refractivity contribution in [2.75, 3.05) is 0 Å². The van der Waals surface area contributed by atoms with E-state index in [9.17, 15) is 22.8 Å². The van der Waals surface area contributed by atoms with Gasteiger partial charge in [0.05, 0.1) is 5.92 Å². The van der Waals surface area contributed by atoms with Crippen LogP contribution in [0.4, 0.5) is 13.2 Å². The standard InChI is InChI=1S/C10H12F3NO3/c11-10(12,13)9(17)14-6-1-2-7(14)4-5(3-6)8(15)16/h5-7H,1-4H2,(H,15,16)/t5?,6-,7+. The second-order valence-corrected chi connectivity index (χ2v) is 4.60. The minimum atomic E-state index is -4.86. The van der Waals surface area contributed by atoms with Gasteiger partial charge in [-0.1, -0.05) is 0 Å². The molecule has 2 aliphatic heterocycles. The first-order valence-electron chi connectivity index (χ1n) is 5.43. The Morgan fingerprint density at radius 3 is 1.94 bits per heavy atom. The first-order valence-corrected chi connectivity index (χ1v) is 5.43. The van der Waals surface area contributed by atoms with Crippen LogP contribution in [-0.4, -0.2) is 40.1 Å². The lowest BCUT2D eigenvalue weighted by Gasteiger charge is -2.37. The molecule has 7 heteroatoms. The molecule has 0 saturated carbocycles. The van der Waals surface area contributed by atoms with Gasteiger partial charge in [0.1, 0.15) is 0 Å². The van der Waals surface area contributed by atoms with E-state index in [2.05, 4.69) is 0 Å². The van der Waals surface area contributed by atoms with Gasteiger partial charge in [0.2, 0.25) is 0 Å². The molecule has 2 fully saturated rings. The van der Waals surface area contributed by atoms with Crippen molar-refractivity contribution in [2.45, 2.75) is 43.9 Å². The van der Waals surface area contributed by atoms with E-state index in [0.717, 1.165) is 4.90 Å². The van der Waals surface area contributed by atoms with Gasteiger partial charge in [0, 0.05) is 12.1 Å². The summed E-state index contributed by atoms with van der Waals surface area (Å²) in [6.45, 7) is 0. The molecule has 0 aliphatic carbocycles. The minimum absolute atomic E-state index is 0.133. The van der Waals surface area contributed by atoms with Crippen molar-refractivity contribution in [1.82, 2.24) is 4.90 Å². The van der Waals surface area contributed by atoms with Crippen molar-refractivity contribution in [1.29, 1.82) is 0 Å². The number of carboxylic acids is 1. The van der Waals surface area contributed by atoms with Crippen molar-refractivity contribution in [2.24, 2.45) is 5.92 Å². The monoisotopic (exact) mass is 251 g/mol. The number of rotatable bonds is 1. The fraction of sp³-hybridized carbons (Fsp3) is 0.800. The second kappa shape index (κ2) is 3.89. The fourth-order valence-corrected chi connectivity index (χ4v) is 2.86. The highest BCUT2D eigenvalue weighted by Gasteiger charge is 2.52. The minimum Gasteiger partial charge on any atom is -0.481 e. The van der Waals surface area contributed by atoms with Crippen molar-refractivity contribution in [3.05, 3.63) is 0 Å². The molecule has 2 rings (SSSR count). The third-order valence-electron chi connectivity index (χ3n) is 3.56. The molecule has 17 heavy (non-hydrogen) atoms. The van der Waals surface area contributed by atoms with Crippen LogP contribution in [0.15, 0.2) is 0 Å². The molecule has 2 heterocycles. The second-order valence-electron chi connectivity index (χ2n) is 4.60. The molecule has 0 aromatic carbocycles. The van der Waals surface area contributed by atoms with E-state index in [-0.39, 0.29) is 12.8 Å². The Morgan fingerprint density at radius 1 is 1.12 bits per heavy atom. The number of fused-ring (bicyclic) bond motifs is 2. The van der Waals surface area contributed by atoms with Gasteiger partial charge >= 0.3 is 18.1 Å². The lowest BCUT2D eigenvalue weighted by atomic mass is 9.91. The van der Waals surface area contributed by atoms with Crippen molar-refractivity contribution < 1.29 is 27.9 Å². The molecule has 1 N–H and O–H groups in total. The Bertz CT molecular complexity index is 341. The molecule has 1 amide bonds. The van der Waals surface area contributed by atoms with Crippen LogP contribution in [0.3, 0.4) is 0 Å². The Kier molecular flexibility index (Phi) is 2.79. The third-order valence-corrected chi connectivity index (χ3v) is 3.56. The predicted molar refractivity (Wildman–Crippen MR) is 50.1 cm³/mol. The van der Waals surface area contributed by atoms with E-state index in [1.165, 1.54) is 0 Å². The normalized spacial score (nSPS) is 32.6. The van der Waals surface area contributed by atoms with Gasteiger partial charge in [-0.3, -0.25) is 9.59 Å². The Morgan fingerprint density at radius 2 is 1.59 bits per heavy atom. The summed E-state index contributed by atoms with van der Waals surface area (Å²) in [5.74, 6) is -3.43. The zero-order valence-electron chi connectivity index (χ0n) is 8.91. The molecule has 2 bridgehead atoms. The number of carbonyl (C=O) groups is 2. The van der Waals surface area contributed by atoms with Crippen LogP contribution in [0, 0.1) is 5.92 Å². The van der Waals surface area contributed by atoms with E-state index in [1.807, 2.05) is 0 Å². The Labute approximate surface area is 95.4 Å². The zero-order valence-corrected chi connectivity index (χ0v) is 8.91.